The Kier molecular flexibility index (Phi) is 8.38. The summed E-state index contributed by atoms with van der Waals surface area (Å²) in [7, 11) is 0. The van der Waals surface area contributed by atoms with Gasteiger partial charge in [-0.15, -0.1) is 0 Å². The maximum atomic E-state index is 12.9. The number of fused-ring (bicyclic) bond motifs is 4. The molecule has 6 aromatic rings. The Morgan fingerprint density at radius 2 is 1.62 bits per heavy atom. The van der Waals surface area contributed by atoms with Gasteiger partial charge in [0.15, 0.2) is 0 Å². The van der Waals surface area contributed by atoms with Crippen molar-refractivity contribution in [2.24, 2.45) is 11.7 Å². The highest BCUT2D eigenvalue weighted by Gasteiger charge is 2.28. The van der Waals surface area contributed by atoms with Crippen molar-refractivity contribution >= 4 is 50.3 Å². The van der Waals surface area contributed by atoms with Crippen molar-refractivity contribution in [3.05, 3.63) is 103 Å². The number of nitrogens with one attached hydrogen (secondary N) is 1. The quantitative estimate of drug-likeness (QED) is 0.177. The number of esters is 1. The SMILES string of the molecule is CC(C)(C)OC(=O)C1CCCCC(Nc2cc(-n3c4ccccc4c4c(-c5cnc6ccccc6c5)cccc43)ccc2C(N)=O)CC1. The average molecular weight is 639 g/mol. The number of rotatable bonds is 6. The third-order valence-corrected chi connectivity index (χ3v) is 9.44. The molecule has 244 valence electrons. The molecule has 7 heteroatoms. The molecule has 0 aliphatic heterocycles. The molecular formula is C41H42N4O3. The molecule has 1 saturated carbocycles. The molecular weight excluding hydrogens is 596 g/mol. The van der Waals surface area contributed by atoms with Gasteiger partial charge in [-0.1, -0.05) is 61.4 Å². The molecule has 2 aromatic heterocycles. The van der Waals surface area contributed by atoms with E-state index in [1.54, 1.807) is 0 Å². The lowest BCUT2D eigenvalue weighted by Gasteiger charge is -2.28. The lowest BCUT2D eigenvalue weighted by atomic mass is 9.88. The molecule has 1 fully saturated rings. The summed E-state index contributed by atoms with van der Waals surface area (Å²) in [4.78, 5) is 30.4. The molecule has 3 N–H and O–H groups in total. The minimum Gasteiger partial charge on any atom is -0.460 e. The van der Waals surface area contributed by atoms with Gasteiger partial charge in [-0.2, -0.15) is 0 Å². The van der Waals surface area contributed by atoms with Gasteiger partial charge in [0.25, 0.3) is 5.91 Å². The second-order valence-electron chi connectivity index (χ2n) is 14.0. The fourth-order valence-electron chi connectivity index (χ4n) is 7.22. The van der Waals surface area contributed by atoms with Gasteiger partial charge in [-0.25, -0.2) is 0 Å². The van der Waals surface area contributed by atoms with Gasteiger partial charge in [0, 0.05) is 45.3 Å². The number of ether oxygens (including phenoxy) is 1. The summed E-state index contributed by atoms with van der Waals surface area (Å²) in [5, 5.41) is 7.06. The zero-order valence-electron chi connectivity index (χ0n) is 27.8. The van der Waals surface area contributed by atoms with Crippen LogP contribution in [-0.4, -0.2) is 33.1 Å². The number of amides is 1. The van der Waals surface area contributed by atoms with E-state index in [4.69, 9.17) is 15.5 Å². The molecule has 0 radical (unpaired) electrons. The summed E-state index contributed by atoms with van der Waals surface area (Å²) in [5.74, 6) is -0.719. The number of anilines is 1. The van der Waals surface area contributed by atoms with Gasteiger partial charge in [0.2, 0.25) is 0 Å². The van der Waals surface area contributed by atoms with Crippen LogP contribution in [0, 0.1) is 5.92 Å². The van der Waals surface area contributed by atoms with Crippen molar-refractivity contribution in [1.29, 1.82) is 0 Å². The van der Waals surface area contributed by atoms with E-state index in [0.29, 0.717) is 11.3 Å². The number of para-hydroxylation sites is 2. The second-order valence-corrected chi connectivity index (χ2v) is 14.0. The van der Waals surface area contributed by atoms with E-state index in [1.165, 1.54) is 0 Å². The fourth-order valence-corrected chi connectivity index (χ4v) is 7.22. The number of carbonyl (C=O) groups is 2. The summed E-state index contributed by atoms with van der Waals surface area (Å²) in [6.07, 6.45) is 7.22. The van der Waals surface area contributed by atoms with Crippen molar-refractivity contribution in [2.75, 3.05) is 5.32 Å². The summed E-state index contributed by atoms with van der Waals surface area (Å²) in [6, 6.07) is 31.1. The normalized spacial score (nSPS) is 17.2. The minimum atomic E-state index is -0.506. The zero-order chi connectivity index (χ0) is 33.4. The molecule has 1 aliphatic carbocycles. The largest absolute Gasteiger partial charge is 0.460 e. The Morgan fingerprint density at radius 1 is 0.854 bits per heavy atom. The molecule has 7 rings (SSSR count). The number of benzene rings is 4. The zero-order valence-corrected chi connectivity index (χ0v) is 27.8. The monoisotopic (exact) mass is 638 g/mol. The first kappa shape index (κ1) is 31.4. The molecule has 2 unspecified atom stereocenters. The van der Waals surface area contributed by atoms with Crippen molar-refractivity contribution in [1.82, 2.24) is 9.55 Å². The van der Waals surface area contributed by atoms with Crippen LogP contribution in [0.15, 0.2) is 97.2 Å². The van der Waals surface area contributed by atoms with E-state index < -0.39 is 11.5 Å². The van der Waals surface area contributed by atoms with Crippen molar-refractivity contribution < 1.29 is 14.3 Å². The topological polar surface area (TPSA) is 99.2 Å². The molecule has 4 aromatic carbocycles. The van der Waals surface area contributed by atoms with Gasteiger partial charge in [-0.3, -0.25) is 14.6 Å². The Hall–Kier alpha value is -5.17. The molecule has 0 bridgehead atoms. The summed E-state index contributed by atoms with van der Waals surface area (Å²) >= 11 is 0. The Bertz CT molecular complexity index is 2160. The number of primary amides is 1. The van der Waals surface area contributed by atoms with Crippen LogP contribution in [0.25, 0.3) is 49.5 Å². The number of nitrogens with zero attached hydrogens (tertiary/aromatic N) is 2. The van der Waals surface area contributed by atoms with Gasteiger partial charge in [-0.05, 0) is 94.5 Å². The van der Waals surface area contributed by atoms with Gasteiger partial charge < -0.3 is 20.4 Å². The molecule has 7 nitrogen and oxygen atoms in total. The first-order valence-electron chi connectivity index (χ1n) is 17.0. The number of carbonyl (C=O) groups excluding carboxylic acids is 2. The molecule has 1 aliphatic rings. The maximum Gasteiger partial charge on any atom is 0.309 e. The Morgan fingerprint density at radius 3 is 2.46 bits per heavy atom. The van der Waals surface area contributed by atoms with Gasteiger partial charge in [0.1, 0.15) is 5.60 Å². The minimum absolute atomic E-state index is 0.0914. The number of pyridine rings is 1. The van der Waals surface area contributed by atoms with E-state index in [1.807, 2.05) is 63.4 Å². The second kappa shape index (κ2) is 12.8. The molecule has 0 saturated heterocycles. The standard InChI is InChI=1S/C41H42N4O3/c1-41(2,3)48-40(47)26-11-4-6-13-29(20-19-26)44-35-24-30(21-22-32(35)39(42)46)45-36-17-9-7-14-33(36)38-31(15-10-18-37(38)45)28-23-27-12-5-8-16-34(27)43-25-28/h5,7-10,12,14-18,21-26,29,44H,4,6,11,13,19-20H2,1-3H3,(H2,42,46). The van der Waals surface area contributed by atoms with Crippen LogP contribution in [0.3, 0.4) is 0 Å². The summed E-state index contributed by atoms with van der Waals surface area (Å²) < 4.78 is 7.99. The highest BCUT2D eigenvalue weighted by Crippen LogP contribution is 2.39. The van der Waals surface area contributed by atoms with Crippen LogP contribution in [0.5, 0.6) is 0 Å². The number of hydrogen-bond acceptors (Lipinski definition) is 5. The predicted molar refractivity (Wildman–Crippen MR) is 194 cm³/mol. The first-order chi connectivity index (χ1) is 23.2. The Balaban J connectivity index is 1.28. The number of hydrogen-bond donors (Lipinski definition) is 2. The molecule has 1 amide bonds. The third kappa shape index (κ3) is 6.25. The predicted octanol–water partition coefficient (Wildman–Crippen LogP) is 9.19. The van der Waals surface area contributed by atoms with E-state index in [-0.39, 0.29) is 17.9 Å². The first-order valence-corrected chi connectivity index (χ1v) is 17.0. The van der Waals surface area contributed by atoms with Crippen LogP contribution >= 0.6 is 0 Å². The van der Waals surface area contributed by atoms with Gasteiger partial charge >= 0.3 is 5.97 Å². The van der Waals surface area contributed by atoms with E-state index in [9.17, 15) is 9.59 Å². The van der Waals surface area contributed by atoms with E-state index in [0.717, 1.165) is 88.0 Å². The third-order valence-electron chi connectivity index (χ3n) is 9.44. The van der Waals surface area contributed by atoms with E-state index in [2.05, 4.69) is 64.5 Å². The average Bonchev–Trinajstić information content (AvgIpc) is 3.39. The molecule has 2 heterocycles. The number of aromatic nitrogens is 2. The molecule has 48 heavy (non-hydrogen) atoms. The Labute approximate surface area is 281 Å². The number of nitrogens with two attached hydrogens (primary N) is 1. The fraction of sp³-hybridized carbons (Fsp3) is 0.293. The van der Waals surface area contributed by atoms with Crippen LogP contribution in [0.1, 0.15) is 69.7 Å². The van der Waals surface area contributed by atoms with Crippen molar-refractivity contribution in [3.8, 4) is 16.8 Å². The smallest absolute Gasteiger partial charge is 0.309 e. The lowest BCUT2D eigenvalue weighted by molar-refractivity contribution is -0.160. The van der Waals surface area contributed by atoms with E-state index >= 15 is 0 Å². The molecule has 0 spiro atoms. The van der Waals surface area contributed by atoms with Crippen LogP contribution < -0.4 is 11.1 Å². The van der Waals surface area contributed by atoms with Crippen molar-refractivity contribution in [2.45, 2.75) is 70.9 Å². The van der Waals surface area contributed by atoms with Crippen molar-refractivity contribution in [3.63, 3.8) is 0 Å². The van der Waals surface area contributed by atoms with Gasteiger partial charge in [0.05, 0.1) is 28.0 Å². The van der Waals surface area contributed by atoms with Crippen LogP contribution in [0.4, 0.5) is 5.69 Å². The highest BCUT2D eigenvalue weighted by atomic mass is 16.6. The summed E-state index contributed by atoms with van der Waals surface area (Å²) in [6.45, 7) is 5.74. The molecule has 2 atom stereocenters. The summed E-state index contributed by atoms with van der Waals surface area (Å²) in [5.41, 5.74) is 12.8. The lowest BCUT2D eigenvalue weighted by Crippen LogP contribution is -2.31. The maximum absolute atomic E-state index is 12.9. The van der Waals surface area contributed by atoms with Crippen LogP contribution in [0.2, 0.25) is 0 Å². The highest BCUT2D eigenvalue weighted by molar-refractivity contribution is 6.16. The van der Waals surface area contributed by atoms with Crippen LogP contribution in [-0.2, 0) is 9.53 Å².